The predicted molar refractivity (Wildman–Crippen MR) is 123 cm³/mol. The van der Waals surface area contributed by atoms with Crippen molar-refractivity contribution in [2.24, 2.45) is 5.92 Å². The highest BCUT2D eigenvalue weighted by Gasteiger charge is 2.28. The Morgan fingerprint density at radius 2 is 1.48 bits per heavy atom. The van der Waals surface area contributed by atoms with Crippen LogP contribution in [0.2, 0.25) is 0 Å². The van der Waals surface area contributed by atoms with E-state index < -0.39 is 10.0 Å². The fourth-order valence-corrected chi connectivity index (χ4v) is 5.76. The zero-order valence-electron chi connectivity index (χ0n) is 18.0. The molecule has 0 saturated carbocycles. The van der Waals surface area contributed by atoms with E-state index in [0.717, 1.165) is 37.2 Å². The number of anilines is 1. The molecule has 0 spiro atoms. The van der Waals surface area contributed by atoms with Crippen LogP contribution in [-0.2, 0) is 10.0 Å². The number of hydrogen-bond acceptors (Lipinski definition) is 4. The number of likely N-dealkylation sites (tertiary alicyclic amines) is 1. The average molecular weight is 442 g/mol. The monoisotopic (exact) mass is 441 g/mol. The minimum Gasteiger partial charge on any atom is -0.371 e. The predicted octanol–water partition coefficient (Wildman–Crippen LogP) is 3.51. The minimum absolute atomic E-state index is 0.104. The molecule has 31 heavy (non-hydrogen) atoms. The summed E-state index contributed by atoms with van der Waals surface area (Å²) in [5.41, 5.74) is 1.70. The third kappa shape index (κ3) is 5.10. The van der Waals surface area contributed by atoms with E-state index in [1.54, 1.807) is 30.3 Å². The van der Waals surface area contributed by atoms with Gasteiger partial charge in [0.05, 0.1) is 10.5 Å². The average Bonchev–Trinajstić information content (AvgIpc) is 2.80. The van der Waals surface area contributed by atoms with Gasteiger partial charge in [0.2, 0.25) is 10.0 Å². The van der Waals surface area contributed by atoms with E-state index in [4.69, 9.17) is 0 Å². The quantitative estimate of drug-likeness (QED) is 0.771. The Kier molecular flexibility index (Phi) is 6.62. The molecule has 0 aromatic heterocycles. The van der Waals surface area contributed by atoms with Gasteiger partial charge < -0.3 is 9.80 Å². The molecular weight excluding hydrogens is 410 g/mol. The molecule has 0 atom stereocenters. The Balaban J connectivity index is 1.41. The summed E-state index contributed by atoms with van der Waals surface area (Å²) in [6, 6.07) is 16.2. The van der Waals surface area contributed by atoms with Crippen molar-refractivity contribution in [1.82, 2.24) is 9.62 Å². The van der Waals surface area contributed by atoms with Crippen molar-refractivity contribution in [1.29, 1.82) is 0 Å². The van der Waals surface area contributed by atoms with Crippen molar-refractivity contribution in [3.8, 4) is 0 Å². The number of sulfonamides is 1. The van der Waals surface area contributed by atoms with Gasteiger partial charge in [-0.3, -0.25) is 4.79 Å². The van der Waals surface area contributed by atoms with Crippen LogP contribution in [0.15, 0.2) is 59.5 Å². The van der Waals surface area contributed by atoms with Gasteiger partial charge in [-0.1, -0.05) is 37.3 Å². The smallest absolute Gasteiger partial charge is 0.255 e. The molecule has 1 N–H and O–H groups in total. The van der Waals surface area contributed by atoms with Crippen LogP contribution < -0.4 is 9.62 Å². The van der Waals surface area contributed by atoms with Gasteiger partial charge >= 0.3 is 0 Å². The van der Waals surface area contributed by atoms with Crippen molar-refractivity contribution >= 4 is 21.6 Å². The standard InChI is InChI=1S/C24H31N3O3S/c1-19-11-15-27(16-12-19)24(28)22-9-5-6-10-23(22)26-17-13-20(14-18-26)25-31(29,30)21-7-3-2-4-8-21/h2-10,19-20,25H,11-18H2,1H3. The lowest BCUT2D eigenvalue weighted by molar-refractivity contribution is 0.0697. The second-order valence-corrected chi connectivity index (χ2v) is 10.4. The van der Waals surface area contributed by atoms with Crippen LogP contribution in [0.3, 0.4) is 0 Å². The highest BCUT2D eigenvalue weighted by Crippen LogP contribution is 2.27. The van der Waals surface area contributed by atoms with E-state index in [-0.39, 0.29) is 11.9 Å². The summed E-state index contributed by atoms with van der Waals surface area (Å²) in [5.74, 6) is 0.785. The van der Waals surface area contributed by atoms with Gasteiger partial charge in [0.15, 0.2) is 0 Å². The second-order valence-electron chi connectivity index (χ2n) is 8.69. The van der Waals surface area contributed by atoms with Gasteiger partial charge in [-0.05, 0) is 55.9 Å². The SMILES string of the molecule is CC1CCN(C(=O)c2ccccc2N2CCC(NS(=O)(=O)c3ccccc3)CC2)CC1. The molecule has 2 saturated heterocycles. The van der Waals surface area contributed by atoms with Gasteiger partial charge in [0.1, 0.15) is 0 Å². The molecule has 0 radical (unpaired) electrons. The van der Waals surface area contributed by atoms with E-state index in [0.29, 0.717) is 36.7 Å². The fraction of sp³-hybridized carbons (Fsp3) is 0.458. The molecule has 0 aliphatic carbocycles. The van der Waals surface area contributed by atoms with Crippen LogP contribution in [0.5, 0.6) is 0 Å². The Labute approximate surface area is 185 Å². The number of piperidine rings is 2. The largest absolute Gasteiger partial charge is 0.371 e. The maximum atomic E-state index is 13.2. The van der Waals surface area contributed by atoms with Crippen LogP contribution in [-0.4, -0.2) is 51.4 Å². The van der Waals surface area contributed by atoms with Crippen LogP contribution in [0, 0.1) is 5.92 Å². The molecule has 166 valence electrons. The maximum Gasteiger partial charge on any atom is 0.255 e. The molecule has 0 bridgehead atoms. The molecule has 2 aliphatic heterocycles. The molecule has 1 amide bonds. The minimum atomic E-state index is -3.51. The first-order chi connectivity index (χ1) is 14.9. The summed E-state index contributed by atoms with van der Waals surface area (Å²) in [6.45, 7) is 5.30. The van der Waals surface area contributed by atoms with Crippen LogP contribution >= 0.6 is 0 Å². The van der Waals surface area contributed by atoms with E-state index in [1.807, 2.05) is 29.2 Å². The topological polar surface area (TPSA) is 69.7 Å². The highest BCUT2D eigenvalue weighted by molar-refractivity contribution is 7.89. The third-order valence-electron chi connectivity index (χ3n) is 6.42. The number of amides is 1. The number of hydrogen-bond donors (Lipinski definition) is 1. The Morgan fingerprint density at radius 1 is 0.871 bits per heavy atom. The lowest BCUT2D eigenvalue weighted by Crippen LogP contribution is -2.45. The van der Waals surface area contributed by atoms with Gasteiger partial charge in [-0.15, -0.1) is 0 Å². The Bertz CT molecular complexity index is 994. The zero-order valence-corrected chi connectivity index (χ0v) is 18.9. The molecule has 7 heteroatoms. The van der Waals surface area contributed by atoms with Gasteiger partial charge in [-0.2, -0.15) is 0 Å². The van der Waals surface area contributed by atoms with E-state index >= 15 is 0 Å². The molecule has 0 unspecified atom stereocenters. The second kappa shape index (κ2) is 9.40. The Morgan fingerprint density at radius 3 is 2.16 bits per heavy atom. The van der Waals surface area contributed by atoms with Gasteiger partial charge in [0.25, 0.3) is 5.91 Å². The summed E-state index contributed by atoms with van der Waals surface area (Å²) < 4.78 is 28.1. The number of para-hydroxylation sites is 1. The normalized spacial score (nSPS) is 18.9. The molecule has 2 fully saturated rings. The molecule has 2 aliphatic rings. The van der Waals surface area contributed by atoms with Crippen molar-refractivity contribution < 1.29 is 13.2 Å². The molecule has 4 rings (SSSR count). The maximum absolute atomic E-state index is 13.2. The molecule has 6 nitrogen and oxygen atoms in total. The van der Waals surface area contributed by atoms with E-state index in [2.05, 4.69) is 16.5 Å². The van der Waals surface area contributed by atoms with Crippen molar-refractivity contribution in [3.63, 3.8) is 0 Å². The number of rotatable bonds is 5. The third-order valence-corrected chi connectivity index (χ3v) is 7.95. The van der Waals surface area contributed by atoms with Gasteiger partial charge in [0, 0.05) is 37.9 Å². The van der Waals surface area contributed by atoms with Crippen molar-refractivity contribution in [2.45, 2.75) is 43.5 Å². The fourth-order valence-electron chi connectivity index (χ4n) is 4.44. The first-order valence-electron chi connectivity index (χ1n) is 11.1. The number of benzene rings is 2. The highest BCUT2D eigenvalue weighted by atomic mass is 32.2. The lowest BCUT2D eigenvalue weighted by atomic mass is 9.98. The van der Waals surface area contributed by atoms with Crippen LogP contribution in [0.25, 0.3) is 0 Å². The summed E-state index contributed by atoms with van der Waals surface area (Å²) >= 11 is 0. The summed E-state index contributed by atoms with van der Waals surface area (Å²) in [5, 5.41) is 0. The molecular formula is C24H31N3O3S. The van der Waals surface area contributed by atoms with E-state index in [1.165, 1.54) is 0 Å². The summed E-state index contributed by atoms with van der Waals surface area (Å²) in [6.07, 6.45) is 3.52. The first kappa shape index (κ1) is 21.8. The Hall–Kier alpha value is -2.38. The number of carbonyl (C=O) groups is 1. The first-order valence-corrected chi connectivity index (χ1v) is 12.6. The number of carbonyl (C=O) groups excluding carboxylic acids is 1. The number of nitrogens with one attached hydrogen (secondary N) is 1. The van der Waals surface area contributed by atoms with Gasteiger partial charge in [-0.25, -0.2) is 13.1 Å². The van der Waals surface area contributed by atoms with E-state index in [9.17, 15) is 13.2 Å². The molecule has 2 aromatic rings. The molecule has 2 heterocycles. The van der Waals surface area contributed by atoms with Crippen LogP contribution in [0.4, 0.5) is 5.69 Å². The zero-order chi connectivity index (χ0) is 21.8. The molecule has 2 aromatic carbocycles. The lowest BCUT2D eigenvalue weighted by Gasteiger charge is -2.36. The van der Waals surface area contributed by atoms with Crippen molar-refractivity contribution in [2.75, 3.05) is 31.1 Å². The summed E-state index contributed by atoms with van der Waals surface area (Å²) in [7, 11) is -3.51. The summed E-state index contributed by atoms with van der Waals surface area (Å²) in [4.78, 5) is 17.7. The van der Waals surface area contributed by atoms with Crippen LogP contribution in [0.1, 0.15) is 43.0 Å². The number of nitrogens with zero attached hydrogens (tertiary/aromatic N) is 2. The van der Waals surface area contributed by atoms with Crippen molar-refractivity contribution in [3.05, 3.63) is 60.2 Å².